The molecular formula is C55H100O9. The molecule has 3 atom stereocenters. The molecule has 0 radical (unpaired) electrons. The predicted octanol–water partition coefficient (Wildman–Crippen LogP) is 14.3. The fourth-order valence-corrected chi connectivity index (χ4v) is 7.68. The summed E-state index contributed by atoms with van der Waals surface area (Å²) in [5.74, 6) is 0.200. The fourth-order valence-electron chi connectivity index (χ4n) is 7.68. The maximum Gasteiger partial charge on any atom is 0.158 e. The number of ether oxygens (including phenoxy) is 6. The standard InChI is InChI=1S/C55H100O9/c1-6-8-10-32-40-53(60-4)42-34-26-20-14-12-17-23-29-37-50(56)45-62-48-55(49-63-46-51(57)38-30-24-19-16-22-28-36-44-59-3)64-47-52(58)39-31-25-18-13-15-21-27-35-43-54(61-5)41-33-11-9-7-2/h26-27,34-36,44,53-55H,6-25,28-33,37-43,45-49H2,1-5H3/b34-26-,35-27-,44-36-. The molecule has 0 aliphatic carbocycles. The van der Waals surface area contributed by atoms with Gasteiger partial charge in [0.15, 0.2) is 17.3 Å². The first-order chi connectivity index (χ1) is 31.4. The third kappa shape index (κ3) is 45.0. The van der Waals surface area contributed by atoms with Crippen LogP contribution < -0.4 is 0 Å². The summed E-state index contributed by atoms with van der Waals surface area (Å²) in [6.45, 7) is 4.78. The number of ketones is 3. The van der Waals surface area contributed by atoms with E-state index in [1.54, 1.807) is 13.4 Å². The van der Waals surface area contributed by atoms with E-state index >= 15 is 0 Å². The van der Waals surface area contributed by atoms with Crippen molar-refractivity contribution in [2.75, 3.05) is 54.4 Å². The lowest BCUT2D eigenvalue weighted by Gasteiger charge is -2.18. The van der Waals surface area contributed by atoms with Crippen molar-refractivity contribution in [2.24, 2.45) is 0 Å². The Bertz CT molecular complexity index is 1120. The number of allylic oxidation sites excluding steroid dienone is 3. The molecule has 374 valence electrons. The van der Waals surface area contributed by atoms with Crippen molar-refractivity contribution < 1.29 is 42.8 Å². The van der Waals surface area contributed by atoms with Crippen LogP contribution in [-0.4, -0.2) is 90.0 Å². The Morgan fingerprint density at radius 2 is 0.781 bits per heavy atom. The van der Waals surface area contributed by atoms with Crippen LogP contribution in [0.2, 0.25) is 0 Å². The second-order valence-corrected chi connectivity index (χ2v) is 17.9. The summed E-state index contributed by atoms with van der Waals surface area (Å²) in [5, 5.41) is 0. The molecule has 0 amide bonds. The van der Waals surface area contributed by atoms with Gasteiger partial charge in [0, 0.05) is 33.5 Å². The first kappa shape index (κ1) is 61.8. The first-order valence-corrected chi connectivity index (χ1v) is 26.2. The molecule has 0 bridgehead atoms. The van der Waals surface area contributed by atoms with E-state index < -0.39 is 6.10 Å². The molecule has 0 saturated carbocycles. The largest absolute Gasteiger partial charge is 0.505 e. The van der Waals surface area contributed by atoms with Crippen LogP contribution in [0.25, 0.3) is 0 Å². The summed E-state index contributed by atoms with van der Waals surface area (Å²) >= 11 is 0. The van der Waals surface area contributed by atoms with Crippen LogP contribution in [0.15, 0.2) is 36.6 Å². The predicted molar refractivity (Wildman–Crippen MR) is 266 cm³/mol. The van der Waals surface area contributed by atoms with Crippen molar-refractivity contribution in [2.45, 2.75) is 244 Å². The zero-order chi connectivity index (χ0) is 46.8. The maximum absolute atomic E-state index is 12.7. The molecule has 0 fully saturated rings. The van der Waals surface area contributed by atoms with Crippen molar-refractivity contribution in [1.29, 1.82) is 0 Å². The van der Waals surface area contributed by atoms with Gasteiger partial charge in [-0.3, -0.25) is 14.4 Å². The molecule has 0 aliphatic rings. The summed E-state index contributed by atoms with van der Waals surface area (Å²) in [5.41, 5.74) is 0. The molecule has 64 heavy (non-hydrogen) atoms. The van der Waals surface area contributed by atoms with Gasteiger partial charge in [-0.25, -0.2) is 0 Å². The van der Waals surface area contributed by atoms with Gasteiger partial charge in [0.1, 0.15) is 25.9 Å². The van der Waals surface area contributed by atoms with E-state index in [2.05, 4.69) is 38.2 Å². The summed E-state index contributed by atoms with van der Waals surface area (Å²) in [6.07, 6.45) is 48.1. The van der Waals surface area contributed by atoms with Gasteiger partial charge in [-0.05, 0) is 89.5 Å². The van der Waals surface area contributed by atoms with Gasteiger partial charge >= 0.3 is 0 Å². The Labute approximate surface area is 394 Å². The third-order valence-corrected chi connectivity index (χ3v) is 11.9. The number of carbonyl (C=O) groups is 3. The van der Waals surface area contributed by atoms with Crippen LogP contribution >= 0.6 is 0 Å². The fraction of sp³-hybridized carbons (Fsp3) is 0.836. The molecule has 3 unspecified atom stereocenters. The topological polar surface area (TPSA) is 107 Å². The highest BCUT2D eigenvalue weighted by atomic mass is 16.6. The number of methoxy groups -OCH3 is 3. The van der Waals surface area contributed by atoms with Crippen LogP contribution in [-0.2, 0) is 42.8 Å². The van der Waals surface area contributed by atoms with E-state index in [9.17, 15) is 14.4 Å². The van der Waals surface area contributed by atoms with Gasteiger partial charge in [-0.2, -0.15) is 0 Å². The Hall–Kier alpha value is -2.17. The first-order valence-electron chi connectivity index (χ1n) is 26.2. The van der Waals surface area contributed by atoms with Gasteiger partial charge < -0.3 is 28.4 Å². The van der Waals surface area contributed by atoms with Gasteiger partial charge in [0.05, 0.1) is 38.8 Å². The highest BCUT2D eigenvalue weighted by Crippen LogP contribution is 2.15. The van der Waals surface area contributed by atoms with Crippen LogP contribution in [0.4, 0.5) is 0 Å². The average molecular weight is 905 g/mol. The zero-order valence-electron chi connectivity index (χ0n) is 42.2. The number of rotatable bonds is 52. The molecule has 0 rings (SSSR count). The molecule has 0 heterocycles. The highest BCUT2D eigenvalue weighted by molar-refractivity contribution is 5.80. The van der Waals surface area contributed by atoms with Crippen molar-refractivity contribution in [3.8, 4) is 0 Å². The van der Waals surface area contributed by atoms with Crippen molar-refractivity contribution >= 4 is 17.3 Å². The Kier molecular flexibility index (Phi) is 48.5. The minimum Gasteiger partial charge on any atom is -0.505 e. The van der Waals surface area contributed by atoms with Crippen LogP contribution in [0.3, 0.4) is 0 Å². The Balaban J connectivity index is 4.45. The van der Waals surface area contributed by atoms with E-state index in [0.29, 0.717) is 31.5 Å². The quantitative estimate of drug-likeness (QED) is 0.0335. The van der Waals surface area contributed by atoms with E-state index in [1.165, 1.54) is 64.2 Å². The smallest absolute Gasteiger partial charge is 0.158 e. The van der Waals surface area contributed by atoms with Crippen molar-refractivity contribution in [1.82, 2.24) is 0 Å². The number of Topliss-reactive ketones (excluding diaryl/α,β-unsaturated/α-hetero) is 3. The average Bonchev–Trinajstić information content (AvgIpc) is 3.29. The van der Waals surface area contributed by atoms with Gasteiger partial charge in [0.25, 0.3) is 0 Å². The monoisotopic (exact) mass is 905 g/mol. The molecule has 0 aromatic rings. The Morgan fingerprint density at radius 1 is 0.406 bits per heavy atom. The molecule has 0 aliphatic heterocycles. The van der Waals surface area contributed by atoms with Gasteiger partial charge in [-0.1, -0.05) is 147 Å². The summed E-state index contributed by atoms with van der Waals surface area (Å²) < 4.78 is 33.7. The van der Waals surface area contributed by atoms with Gasteiger partial charge in [0.2, 0.25) is 0 Å². The second kappa shape index (κ2) is 50.2. The number of unbranched alkanes of at least 4 members (excludes halogenated alkanes) is 21. The summed E-state index contributed by atoms with van der Waals surface area (Å²) in [4.78, 5) is 37.9. The normalized spacial score (nSPS) is 13.4. The molecule has 0 aromatic heterocycles. The third-order valence-electron chi connectivity index (χ3n) is 11.9. The minimum absolute atomic E-state index is 0.0148. The highest BCUT2D eigenvalue weighted by Gasteiger charge is 2.15. The van der Waals surface area contributed by atoms with E-state index in [0.717, 1.165) is 128 Å². The van der Waals surface area contributed by atoms with Crippen molar-refractivity contribution in [3.05, 3.63) is 36.6 Å². The van der Waals surface area contributed by atoms with Crippen LogP contribution in [0.5, 0.6) is 0 Å². The summed E-state index contributed by atoms with van der Waals surface area (Å²) in [7, 11) is 5.30. The number of carbonyl (C=O) groups excluding carboxylic acids is 3. The minimum atomic E-state index is -0.523. The summed E-state index contributed by atoms with van der Waals surface area (Å²) in [6, 6.07) is 0. The van der Waals surface area contributed by atoms with Gasteiger partial charge in [-0.15, -0.1) is 0 Å². The molecule has 9 heteroatoms. The molecular weight excluding hydrogens is 805 g/mol. The van der Waals surface area contributed by atoms with E-state index in [4.69, 9.17) is 28.4 Å². The maximum atomic E-state index is 12.7. The molecule has 0 saturated heterocycles. The number of hydrogen-bond donors (Lipinski definition) is 0. The molecule has 0 aromatic carbocycles. The molecule has 9 nitrogen and oxygen atoms in total. The van der Waals surface area contributed by atoms with Crippen LogP contribution in [0.1, 0.15) is 226 Å². The SMILES string of the molecule is CCCCCCC(C/C=C\CCCCCCCC(=O)COCC(COCC(=O)CCCCCCC/C=C\OC)OCC(=O)CCCCCCC/C=C\CC(CCCCCC)OC)OC. The zero-order valence-corrected chi connectivity index (χ0v) is 42.2. The molecule has 0 N–H and O–H groups in total. The van der Waals surface area contributed by atoms with Crippen LogP contribution in [0, 0.1) is 0 Å². The lowest BCUT2D eigenvalue weighted by molar-refractivity contribution is -0.135. The molecule has 0 spiro atoms. The van der Waals surface area contributed by atoms with E-state index in [-0.39, 0.29) is 50.4 Å². The van der Waals surface area contributed by atoms with Crippen molar-refractivity contribution in [3.63, 3.8) is 0 Å². The lowest BCUT2D eigenvalue weighted by atomic mass is 10.1. The number of hydrogen-bond acceptors (Lipinski definition) is 9. The second-order valence-electron chi connectivity index (χ2n) is 17.9. The lowest BCUT2D eigenvalue weighted by Crippen LogP contribution is -2.30. The van der Waals surface area contributed by atoms with E-state index in [1.807, 2.05) is 20.3 Å². The Morgan fingerprint density at radius 3 is 1.19 bits per heavy atom.